The summed E-state index contributed by atoms with van der Waals surface area (Å²) in [7, 11) is 0. The first kappa shape index (κ1) is 23.3. The van der Waals surface area contributed by atoms with Crippen molar-refractivity contribution in [2.75, 3.05) is 0 Å². The highest BCUT2D eigenvalue weighted by Gasteiger charge is 2.25. The van der Waals surface area contributed by atoms with Crippen molar-refractivity contribution in [3.05, 3.63) is 0 Å². The first-order chi connectivity index (χ1) is 12.0. The van der Waals surface area contributed by atoms with Crippen molar-refractivity contribution in [2.45, 2.75) is 57.7 Å². The largest absolute Gasteiger partial charge is 0.480 e. The predicted molar refractivity (Wildman–Crippen MR) is 88.1 cm³/mol. The van der Waals surface area contributed by atoms with Gasteiger partial charge in [-0.25, -0.2) is 9.59 Å². The SMILES string of the molecule is CC(C)C(NC(=O)CCC(NC(=O)CCC(N)C(=O)O)C(=O)O)C(=O)O. The molecule has 0 aliphatic heterocycles. The van der Waals surface area contributed by atoms with Crippen LogP contribution in [0.15, 0.2) is 0 Å². The maximum Gasteiger partial charge on any atom is 0.326 e. The highest BCUT2D eigenvalue weighted by molar-refractivity contribution is 5.86. The summed E-state index contributed by atoms with van der Waals surface area (Å²) in [4.78, 5) is 56.3. The Kier molecular flexibility index (Phi) is 9.89. The summed E-state index contributed by atoms with van der Waals surface area (Å²) in [5.41, 5.74) is 5.25. The summed E-state index contributed by atoms with van der Waals surface area (Å²) in [6, 6.07) is -3.70. The van der Waals surface area contributed by atoms with Crippen molar-refractivity contribution in [1.82, 2.24) is 10.6 Å². The summed E-state index contributed by atoms with van der Waals surface area (Å²) in [5, 5.41) is 31.2. The van der Waals surface area contributed by atoms with Gasteiger partial charge in [0.25, 0.3) is 0 Å². The monoisotopic (exact) mass is 375 g/mol. The Hall–Kier alpha value is -2.69. The van der Waals surface area contributed by atoms with E-state index in [1.165, 1.54) is 0 Å². The van der Waals surface area contributed by atoms with E-state index >= 15 is 0 Å². The van der Waals surface area contributed by atoms with Crippen LogP contribution in [-0.2, 0) is 24.0 Å². The number of carboxylic acid groups (broad SMARTS) is 3. The normalized spacial score (nSPS) is 14.2. The molecule has 3 atom stereocenters. The molecule has 0 aromatic carbocycles. The lowest BCUT2D eigenvalue weighted by Gasteiger charge is -2.19. The number of nitrogens with one attached hydrogen (secondary N) is 2. The van der Waals surface area contributed by atoms with Gasteiger partial charge < -0.3 is 31.7 Å². The van der Waals surface area contributed by atoms with Gasteiger partial charge in [-0.2, -0.15) is 0 Å². The molecule has 148 valence electrons. The van der Waals surface area contributed by atoms with Gasteiger partial charge in [0, 0.05) is 12.8 Å². The number of rotatable bonds is 12. The second kappa shape index (κ2) is 11.0. The molecule has 0 rings (SSSR count). The zero-order valence-corrected chi connectivity index (χ0v) is 14.6. The number of carbonyl (C=O) groups is 5. The van der Waals surface area contributed by atoms with Crippen molar-refractivity contribution in [3.63, 3.8) is 0 Å². The van der Waals surface area contributed by atoms with Crippen LogP contribution in [0.4, 0.5) is 0 Å². The average Bonchev–Trinajstić information content (AvgIpc) is 2.52. The van der Waals surface area contributed by atoms with Crippen LogP contribution >= 0.6 is 0 Å². The van der Waals surface area contributed by atoms with E-state index < -0.39 is 47.8 Å². The van der Waals surface area contributed by atoms with Crippen LogP contribution in [0.25, 0.3) is 0 Å². The van der Waals surface area contributed by atoms with Gasteiger partial charge in [0.05, 0.1) is 0 Å². The van der Waals surface area contributed by atoms with Gasteiger partial charge in [0.15, 0.2) is 0 Å². The van der Waals surface area contributed by atoms with Crippen molar-refractivity contribution in [1.29, 1.82) is 0 Å². The van der Waals surface area contributed by atoms with Gasteiger partial charge in [0.1, 0.15) is 18.1 Å². The molecule has 2 amide bonds. The zero-order valence-electron chi connectivity index (χ0n) is 14.6. The molecule has 0 fully saturated rings. The molecule has 0 saturated heterocycles. The lowest BCUT2D eigenvalue weighted by Crippen LogP contribution is -2.46. The molecule has 0 aromatic rings. The fourth-order valence-electron chi connectivity index (χ4n) is 1.97. The van der Waals surface area contributed by atoms with Crippen molar-refractivity contribution in [3.8, 4) is 0 Å². The minimum Gasteiger partial charge on any atom is -0.480 e. The molecule has 0 saturated carbocycles. The molecule has 11 nitrogen and oxygen atoms in total. The van der Waals surface area contributed by atoms with Crippen LogP contribution in [-0.4, -0.2) is 63.2 Å². The van der Waals surface area contributed by atoms with Crippen molar-refractivity contribution >= 4 is 29.7 Å². The smallest absolute Gasteiger partial charge is 0.326 e. The lowest BCUT2D eigenvalue weighted by atomic mass is 10.0. The number of carboxylic acids is 3. The molecule has 0 bridgehead atoms. The van der Waals surface area contributed by atoms with Gasteiger partial charge in [-0.05, 0) is 18.8 Å². The zero-order chi connectivity index (χ0) is 20.4. The molecular formula is C15H25N3O8. The van der Waals surface area contributed by atoms with E-state index in [-0.39, 0.29) is 31.6 Å². The molecular weight excluding hydrogens is 350 g/mol. The molecule has 3 unspecified atom stereocenters. The van der Waals surface area contributed by atoms with Gasteiger partial charge >= 0.3 is 17.9 Å². The van der Waals surface area contributed by atoms with Gasteiger partial charge in [-0.3, -0.25) is 14.4 Å². The minimum absolute atomic E-state index is 0.164. The first-order valence-corrected chi connectivity index (χ1v) is 7.98. The summed E-state index contributed by atoms with van der Waals surface area (Å²) in [6.45, 7) is 3.22. The van der Waals surface area contributed by atoms with Gasteiger partial charge in [-0.15, -0.1) is 0 Å². The summed E-state index contributed by atoms with van der Waals surface area (Å²) in [6.07, 6.45) is -0.995. The second-order valence-corrected chi connectivity index (χ2v) is 6.11. The second-order valence-electron chi connectivity index (χ2n) is 6.11. The summed E-state index contributed by atoms with van der Waals surface area (Å²) < 4.78 is 0. The number of carbonyl (C=O) groups excluding carboxylic acids is 2. The predicted octanol–water partition coefficient (Wildman–Crippen LogP) is -1.25. The van der Waals surface area contributed by atoms with E-state index in [0.29, 0.717) is 0 Å². The maximum atomic E-state index is 11.8. The van der Waals surface area contributed by atoms with E-state index in [4.69, 9.17) is 21.1 Å². The lowest BCUT2D eigenvalue weighted by molar-refractivity contribution is -0.144. The van der Waals surface area contributed by atoms with E-state index in [2.05, 4.69) is 10.6 Å². The molecule has 0 radical (unpaired) electrons. The Morgan fingerprint density at radius 1 is 0.808 bits per heavy atom. The van der Waals surface area contributed by atoms with E-state index in [1.54, 1.807) is 13.8 Å². The van der Waals surface area contributed by atoms with Crippen LogP contribution in [0.2, 0.25) is 0 Å². The molecule has 0 spiro atoms. The Balaban J connectivity index is 4.53. The third kappa shape index (κ3) is 8.97. The van der Waals surface area contributed by atoms with Crippen LogP contribution < -0.4 is 16.4 Å². The number of amides is 2. The summed E-state index contributed by atoms with van der Waals surface area (Å²) in [5.74, 6) is -5.56. The first-order valence-electron chi connectivity index (χ1n) is 7.98. The molecule has 0 aromatic heterocycles. The standard InChI is InChI=1S/C15H25N3O8/c1-7(2)12(15(25)26)18-11(20)6-4-9(14(23)24)17-10(19)5-3-8(16)13(21)22/h7-9,12H,3-6,16H2,1-2H3,(H,17,19)(H,18,20)(H,21,22)(H,23,24)(H,25,26). The topological polar surface area (TPSA) is 196 Å². The quantitative estimate of drug-likeness (QED) is 0.241. The third-order valence-corrected chi connectivity index (χ3v) is 3.54. The fraction of sp³-hybridized carbons (Fsp3) is 0.667. The maximum absolute atomic E-state index is 11.8. The van der Waals surface area contributed by atoms with Gasteiger partial charge in [-0.1, -0.05) is 13.8 Å². The molecule has 0 heterocycles. The number of nitrogens with two attached hydrogens (primary N) is 1. The molecule has 26 heavy (non-hydrogen) atoms. The van der Waals surface area contributed by atoms with Crippen molar-refractivity contribution in [2.24, 2.45) is 11.7 Å². The van der Waals surface area contributed by atoms with Crippen LogP contribution in [0, 0.1) is 5.92 Å². The molecule has 0 aliphatic carbocycles. The van der Waals surface area contributed by atoms with Crippen LogP contribution in [0.1, 0.15) is 39.5 Å². The number of hydrogen-bond donors (Lipinski definition) is 6. The highest BCUT2D eigenvalue weighted by atomic mass is 16.4. The Labute approximate surface area is 149 Å². The fourth-order valence-corrected chi connectivity index (χ4v) is 1.97. The van der Waals surface area contributed by atoms with Crippen LogP contribution in [0.5, 0.6) is 0 Å². The highest BCUT2D eigenvalue weighted by Crippen LogP contribution is 2.05. The minimum atomic E-state index is -1.37. The molecule has 7 N–H and O–H groups in total. The van der Waals surface area contributed by atoms with E-state index in [9.17, 15) is 24.0 Å². The number of hydrogen-bond acceptors (Lipinski definition) is 6. The van der Waals surface area contributed by atoms with Gasteiger partial charge in [0.2, 0.25) is 11.8 Å². The number of aliphatic carboxylic acids is 3. The Morgan fingerprint density at radius 2 is 1.31 bits per heavy atom. The molecule has 11 heteroatoms. The average molecular weight is 375 g/mol. The van der Waals surface area contributed by atoms with Crippen LogP contribution in [0.3, 0.4) is 0 Å². The van der Waals surface area contributed by atoms with E-state index in [1.807, 2.05) is 0 Å². The molecule has 0 aliphatic rings. The Morgan fingerprint density at radius 3 is 1.73 bits per heavy atom. The summed E-state index contributed by atoms with van der Waals surface area (Å²) >= 11 is 0. The third-order valence-electron chi connectivity index (χ3n) is 3.54. The van der Waals surface area contributed by atoms with Crippen molar-refractivity contribution < 1.29 is 39.3 Å². The Bertz CT molecular complexity index is 549. The van der Waals surface area contributed by atoms with E-state index in [0.717, 1.165) is 0 Å².